The Labute approximate surface area is 190 Å². The smallest absolute Gasteiger partial charge is 0.266 e. The Balaban J connectivity index is 1.36. The molecular formula is C26H25FN2O2S. The normalized spacial score (nSPS) is 28.3. The molecule has 0 aliphatic heterocycles. The highest BCUT2D eigenvalue weighted by atomic mass is 32.2. The van der Waals surface area contributed by atoms with Crippen LogP contribution in [0, 0.1) is 29.0 Å². The monoisotopic (exact) mass is 448 g/mol. The van der Waals surface area contributed by atoms with Gasteiger partial charge in [0.05, 0.1) is 22.3 Å². The van der Waals surface area contributed by atoms with E-state index in [0.717, 1.165) is 19.3 Å². The average molecular weight is 449 g/mol. The van der Waals surface area contributed by atoms with E-state index < -0.39 is 5.82 Å². The Bertz CT molecular complexity index is 1250. The third-order valence-corrected chi connectivity index (χ3v) is 8.74. The Kier molecular flexibility index (Phi) is 4.75. The first-order valence-electron chi connectivity index (χ1n) is 11.5. The van der Waals surface area contributed by atoms with E-state index in [2.05, 4.69) is 4.98 Å². The molecule has 2 aromatic carbocycles. The van der Waals surface area contributed by atoms with Crippen molar-refractivity contribution in [2.24, 2.45) is 23.2 Å². The minimum atomic E-state index is -0.485. The summed E-state index contributed by atoms with van der Waals surface area (Å²) in [5.41, 5.74) is 0.225. The van der Waals surface area contributed by atoms with Crippen molar-refractivity contribution in [3.63, 3.8) is 0 Å². The van der Waals surface area contributed by atoms with E-state index in [9.17, 15) is 14.0 Å². The number of carbonyl (C=O) groups is 1. The minimum absolute atomic E-state index is 0.167. The van der Waals surface area contributed by atoms with Crippen LogP contribution in [0.1, 0.15) is 38.5 Å². The molecule has 0 atom stereocenters. The van der Waals surface area contributed by atoms with E-state index in [1.54, 1.807) is 36.4 Å². The van der Waals surface area contributed by atoms with Crippen molar-refractivity contribution < 1.29 is 9.18 Å². The van der Waals surface area contributed by atoms with Crippen molar-refractivity contribution in [3.05, 3.63) is 64.7 Å². The van der Waals surface area contributed by atoms with Crippen LogP contribution in [0.4, 0.5) is 4.39 Å². The molecule has 4 aliphatic rings. The summed E-state index contributed by atoms with van der Waals surface area (Å²) in [5.74, 6) is 2.16. The lowest BCUT2D eigenvalue weighted by molar-refractivity contribution is -0.141. The number of thioether (sulfide) groups is 1. The third-order valence-electron chi connectivity index (χ3n) is 7.80. The number of ketones is 1. The van der Waals surface area contributed by atoms with Crippen molar-refractivity contribution in [2.45, 2.75) is 43.7 Å². The van der Waals surface area contributed by atoms with Crippen LogP contribution in [0.3, 0.4) is 0 Å². The highest BCUT2D eigenvalue weighted by molar-refractivity contribution is 7.99. The number of para-hydroxylation sites is 2. The van der Waals surface area contributed by atoms with Gasteiger partial charge in [0.25, 0.3) is 5.56 Å². The lowest BCUT2D eigenvalue weighted by Crippen LogP contribution is -2.50. The molecule has 0 unspecified atom stereocenters. The number of rotatable bonds is 5. The molecule has 4 nitrogen and oxygen atoms in total. The van der Waals surface area contributed by atoms with Crippen molar-refractivity contribution in [1.82, 2.24) is 9.55 Å². The van der Waals surface area contributed by atoms with Crippen LogP contribution >= 0.6 is 11.8 Å². The molecule has 4 aliphatic carbocycles. The van der Waals surface area contributed by atoms with Crippen LogP contribution in [0.5, 0.6) is 0 Å². The maximum absolute atomic E-state index is 14.7. The van der Waals surface area contributed by atoms with E-state index >= 15 is 0 Å². The topological polar surface area (TPSA) is 52.0 Å². The van der Waals surface area contributed by atoms with Crippen LogP contribution in [-0.4, -0.2) is 21.1 Å². The second kappa shape index (κ2) is 7.55. The quantitative estimate of drug-likeness (QED) is 0.387. The van der Waals surface area contributed by atoms with Gasteiger partial charge < -0.3 is 0 Å². The van der Waals surface area contributed by atoms with Gasteiger partial charge in [0.2, 0.25) is 0 Å². The van der Waals surface area contributed by atoms with Crippen LogP contribution < -0.4 is 5.56 Å². The van der Waals surface area contributed by atoms with E-state index in [1.807, 2.05) is 6.07 Å². The molecule has 6 heteroatoms. The molecule has 4 bridgehead atoms. The van der Waals surface area contributed by atoms with Gasteiger partial charge in [-0.15, -0.1) is 0 Å². The largest absolute Gasteiger partial charge is 0.298 e. The molecule has 0 amide bonds. The van der Waals surface area contributed by atoms with Gasteiger partial charge >= 0.3 is 0 Å². The zero-order chi connectivity index (χ0) is 21.9. The molecule has 0 spiro atoms. The summed E-state index contributed by atoms with van der Waals surface area (Å²) in [6.07, 6.45) is 6.92. The highest BCUT2D eigenvalue weighted by Gasteiger charge is 2.54. The second-order valence-corrected chi connectivity index (χ2v) is 10.9. The Morgan fingerprint density at radius 3 is 2.31 bits per heavy atom. The van der Waals surface area contributed by atoms with Crippen LogP contribution in [0.25, 0.3) is 16.6 Å². The number of Topliss-reactive ketones (excluding diaryl/α,β-unsaturated/α-hetero) is 1. The first-order valence-corrected chi connectivity index (χ1v) is 12.4. The molecule has 0 saturated heterocycles. The molecule has 4 fully saturated rings. The summed E-state index contributed by atoms with van der Waals surface area (Å²) >= 11 is 1.27. The number of benzene rings is 2. The average Bonchev–Trinajstić information content (AvgIpc) is 2.77. The van der Waals surface area contributed by atoms with Crippen LogP contribution in [0.2, 0.25) is 0 Å². The maximum atomic E-state index is 14.7. The van der Waals surface area contributed by atoms with Gasteiger partial charge in [-0.05, 0) is 80.5 Å². The lowest BCUT2D eigenvalue weighted by atomic mass is 9.48. The SMILES string of the molecule is O=C(CSc1nc2ccccc2c(=O)n1-c1ccccc1F)C12CC3CC(CC(C3)C1)C2. The molecule has 1 aromatic heterocycles. The molecule has 0 N–H and O–H groups in total. The maximum Gasteiger partial charge on any atom is 0.266 e. The van der Waals surface area contributed by atoms with Gasteiger partial charge in [-0.3, -0.25) is 14.2 Å². The van der Waals surface area contributed by atoms with Gasteiger partial charge in [0.15, 0.2) is 5.16 Å². The van der Waals surface area contributed by atoms with Gasteiger partial charge in [-0.2, -0.15) is 0 Å². The molecule has 7 rings (SSSR count). The van der Waals surface area contributed by atoms with E-state index in [0.29, 0.717) is 33.8 Å². The molecule has 164 valence electrons. The predicted molar refractivity (Wildman–Crippen MR) is 124 cm³/mol. The van der Waals surface area contributed by atoms with Crippen molar-refractivity contribution in [3.8, 4) is 5.69 Å². The highest BCUT2D eigenvalue weighted by Crippen LogP contribution is 2.60. The number of hydrogen-bond acceptors (Lipinski definition) is 4. The third kappa shape index (κ3) is 3.22. The first kappa shape index (κ1) is 20.2. The number of hydrogen-bond donors (Lipinski definition) is 0. The summed E-state index contributed by atoms with van der Waals surface area (Å²) in [6, 6.07) is 13.3. The van der Waals surface area contributed by atoms with Gasteiger partial charge in [0, 0.05) is 5.41 Å². The van der Waals surface area contributed by atoms with Crippen LogP contribution in [0.15, 0.2) is 58.5 Å². The fourth-order valence-electron chi connectivity index (χ4n) is 6.79. The number of carbonyl (C=O) groups excluding carboxylic acids is 1. The Morgan fingerprint density at radius 1 is 1.00 bits per heavy atom. The zero-order valence-corrected chi connectivity index (χ0v) is 18.6. The summed E-state index contributed by atoms with van der Waals surface area (Å²) in [5, 5.41) is 0.810. The first-order chi connectivity index (χ1) is 15.5. The summed E-state index contributed by atoms with van der Waals surface area (Å²) in [7, 11) is 0. The summed E-state index contributed by atoms with van der Waals surface area (Å²) in [4.78, 5) is 31.5. The fourth-order valence-corrected chi connectivity index (χ4v) is 7.83. The number of aromatic nitrogens is 2. The number of nitrogens with zero attached hydrogens (tertiary/aromatic N) is 2. The molecule has 0 radical (unpaired) electrons. The Morgan fingerprint density at radius 2 is 1.62 bits per heavy atom. The molecule has 32 heavy (non-hydrogen) atoms. The number of halogens is 1. The molecular weight excluding hydrogens is 423 g/mol. The van der Waals surface area contributed by atoms with E-state index in [-0.39, 0.29) is 28.2 Å². The molecule has 1 heterocycles. The number of fused-ring (bicyclic) bond motifs is 1. The van der Waals surface area contributed by atoms with Crippen LogP contribution in [-0.2, 0) is 4.79 Å². The summed E-state index contributed by atoms with van der Waals surface area (Å²) in [6.45, 7) is 0. The van der Waals surface area contributed by atoms with Gasteiger partial charge in [-0.25, -0.2) is 9.37 Å². The van der Waals surface area contributed by atoms with E-state index in [1.165, 1.54) is 41.7 Å². The fraction of sp³-hybridized carbons (Fsp3) is 0.423. The standard InChI is InChI=1S/C26H25FN2O2S/c27-20-6-2-4-8-22(20)29-24(31)19-5-1-3-7-21(19)28-25(29)32-15-23(30)26-12-16-9-17(13-26)11-18(10-16)14-26/h1-8,16-18H,9-15H2. The van der Waals surface area contributed by atoms with Gasteiger partial charge in [0.1, 0.15) is 11.6 Å². The predicted octanol–water partition coefficient (Wildman–Crippen LogP) is 5.40. The molecule has 3 aromatic rings. The Hall–Kier alpha value is -2.47. The van der Waals surface area contributed by atoms with Gasteiger partial charge in [-0.1, -0.05) is 36.0 Å². The lowest BCUT2D eigenvalue weighted by Gasteiger charge is -2.56. The van der Waals surface area contributed by atoms with E-state index in [4.69, 9.17) is 0 Å². The minimum Gasteiger partial charge on any atom is -0.298 e. The summed E-state index contributed by atoms with van der Waals surface area (Å²) < 4.78 is 16.0. The zero-order valence-electron chi connectivity index (χ0n) is 17.8. The second-order valence-electron chi connectivity index (χ2n) is 9.91. The van der Waals surface area contributed by atoms with Crippen molar-refractivity contribution >= 4 is 28.4 Å². The van der Waals surface area contributed by atoms with Crippen molar-refractivity contribution in [2.75, 3.05) is 5.75 Å². The van der Waals surface area contributed by atoms with Crippen molar-refractivity contribution in [1.29, 1.82) is 0 Å². The molecule has 4 saturated carbocycles.